The summed E-state index contributed by atoms with van der Waals surface area (Å²) in [6.07, 6.45) is 0. The molecule has 1 rings (SSSR count). The maximum absolute atomic E-state index is 8.22. The predicted molar refractivity (Wildman–Crippen MR) is 52.4 cm³/mol. The number of rotatable bonds is 1. The minimum atomic E-state index is 0.663. The molecule has 0 heterocycles. The van der Waals surface area contributed by atoms with Gasteiger partial charge in [-0.2, -0.15) is 0 Å². The second-order valence-corrected chi connectivity index (χ2v) is 3.38. The molecule has 0 fully saturated rings. The number of nitrogens with zero attached hydrogens (tertiary/aromatic N) is 3. The Kier molecular flexibility index (Phi) is 2.74. The lowest BCUT2D eigenvalue weighted by atomic mass is 10.1. The largest absolute Gasteiger partial charge is 0.0608 e. The van der Waals surface area contributed by atoms with E-state index in [1.54, 1.807) is 0 Å². The van der Waals surface area contributed by atoms with Crippen LogP contribution in [0.4, 0.5) is 5.69 Å². The van der Waals surface area contributed by atoms with Crippen LogP contribution in [0.2, 0.25) is 0 Å². The molecule has 0 aliphatic rings. The third-order valence-electron chi connectivity index (χ3n) is 1.58. The molecule has 1 aromatic rings. The van der Waals surface area contributed by atoms with Crippen LogP contribution < -0.4 is 0 Å². The van der Waals surface area contributed by atoms with E-state index < -0.39 is 0 Å². The van der Waals surface area contributed by atoms with Crippen LogP contribution in [-0.4, -0.2) is 0 Å². The first-order valence-corrected chi connectivity index (χ1v) is 4.26. The fourth-order valence-electron chi connectivity index (χ4n) is 1.03. The molecular formula is C8H8BrN3. The highest BCUT2D eigenvalue weighted by atomic mass is 79.9. The molecule has 0 amide bonds. The number of hydrogen-bond donors (Lipinski definition) is 0. The zero-order valence-corrected chi connectivity index (χ0v) is 8.46. The van der Waals surface area contributed by atoms with Gasteiger partial charge >= 0.3 is 0 Å². The number of azide groups is 1. The monoisotopic (exact) mass is 225 g/mol. The Labute approximate surface area is 79.2 Å². The van der Waals surface area contributed by atoms with Crippen molar-refractivity contribution in [2.24, 2.45) is 5.11 Å². The summed E-state index contributed by atoms with van der Waals surface area (Å²) in [6, 6.07) is 3.69. The van der Waals surface area contributed by atoms with E-state index in [1.165, 1.54) is 0 Å². The summed E-state index contributed by atoms with van der Waals surface area (Å²) in [5, 5.41) is 3.53. The molecule has 0 atom stereocenters. The van der Waals surface area contributed by atoms with E-state index in [-0.39, 0.29) is 0 Å². The van der Waals surface area contributed by atoms with Crippen LogP contribution >= 0.6 is 15.9 Å². The predicted octanol–water partition coefficient (Wildman–Crippen LogP) is 4.01. The molecule has 0 N–H and O–H groups in total. The van der Waals surface area contributed by atoms with Crippen molar-refractivity contribution < 1.29 is 0 Å². The van der Waals surface area contributed by atoms with Gasteiger partial charge in [0, 0.05) is 15.1 Å². The first kappa shape index (κ1) is 9.10. The lowest BCUT2D eigenvalue weighted by molar-refractivity contribution is 1.31. The molecule has 0 aliphatic carbocycles. The van der Waals surface area contributed by atoms with Crippen molar-refractivity contribution in [1.29, 1.82) is 0 Å². The SMILES string of the molecule is Cc1cc(N=[N+]=[N-])cc(C)c1Br. The van der Waals surface area contributed by atoms with Crippen LogP contribution in [0.5, 0.6) is 0 Å². The smallest absolute Gasteiger partial charge is 0.0381 e. The van der Waals surface area contributed by atoms with Crippen molar-refractivity contribution in [3.05, 3.63) is 38.2 Å². The minimum absolute atomic E-state index is 0.663. The van der Waals surface area contributed by atoms with Crippen molar-refractivity contribution >= 4 is 21.6 Å². The molecule has 0 aromatic heterocycles. The fraction of sp³-hybridized carbons (Fsp3) is 0.250. The lowest BCUT2D eigenvalue weighted by Crippen LogP contribution is -1.80. The molecule has 62 valence electrons. The van der Waals surface area contributed by atoms with Gasteiger partial charge in [-0.15, -0.1) is 0 Å². The van der Waals surface area contributed by atoms with E-state index in [2.05, 4.69) is 26.0 Å². The lowest BCUT2D eigenvalue weighted by Gasteiger charge is -2.02. The van der Waals surface area contributed by atoms with Crippen molar-refractivity contribution in [3.8, 4) is 0 Å². The zero-order valence-electron chi connectivity index (χ0n) is 6.87. The Morgan fingerprint density at radius 2 is 1.83 bits per heavy atom. The first-order valence-electron chi connectivity index (χ1n) is 3.47. The van der Waals surface area contributed by atoms with E-state index >= 15 is 0 Å². The quantitative estimate of drug-likeness (QED) is 0.394. The molecule has 0 unspecified atom stereocenters. The van der Waals surface area contributed by atoms with Crippen LogP contribution in [0.1, 0.15) is 11.1 Å². The highest BCUT2D eigenvalue weighted by Crippen LogP contribution is 2.26. The molecule has 4 heteroatoms. The average Bonchev–Trinajstić information content (AvgIpc) is 2.01. The molecule has 3 nitrogen and oxygen atoms in total. The summed E-state index contributed by atoms with van der Waals surface area (Å²) in [5.41, 5.74) is 11.0. The summed E-state index contributed by atoms with van der Waals surface area (Å²) in [6.45, 7) is 3.93. The topological polar surface area (TPSA) is 48.8 Å². The molecular weight excluding hydrogens is 218 g/mol. The van der Waals surface area contributed by atoms with Gasteiger partial charge in [-0.1, -0.05) is 21.0 Å². The van der Waals surface area contributed by atoms with E-state index in [9.17, 15) is 0 Å². The van der Waals surface area contributed by atoms with Gasteiger partial charge in [-0.25, -0.2) is 0 Å². The number of hydrogen-bond acceptors (Lipinski definition) is 1. The van der Waals surface area contributed by atoms with Gasteiger partial charge in [0.2, 0.25) is 0 Å². The molecule has 0 saturated heterocycles. The highest BCUT2D eigenvalue weighted by molar-refractivity contribution is 9.10. The zero-order chi connectivity index (χ0) is 9.14. The van der Waals surface area contributed by atoms with Gasteiger partial charge in [0.05, 0.1) is 0 Å². The third-order valence-corrected chi connectivity index (χ3v) is 2.83. The maximum atomic E-state index is 8.22. The molecule has 12 heavy (non-hydrogen) atoms. The van der Waals surface area contributed by atoms with Gasteiger partial charge in [0.1, 0.15) is 0 Å². The second-order valence-electron chi connectivity index (χ2n) is 2.58. The van der Waals surface area contributed by atoms with Crippen molar-refractivity contribution in [2.45, 2.75) is 13.8 Å². The summed E-state index contributed by atoms with van der Waals surface area (Å²) in [4.78, 5) is 2.73. The Morgan fingerprint density at radius 1 is 1.33 bits per heavy atom. The fourth-order valence-corrected chi connectivity index (χ4v) is 1.26. The molecule has 1 aromatic carbocycles. The molecule has 0 radical (unpaired) electrons. The van der Waals surface area contributed by atoms with Gasteiger partial charge in [0.25, 0.3) is 0 Å². The second kappa shape index (κ2) is 3.61. The molecule has 0 saturated carbocycles. The molecule has 0 spiro atoms. The van der Waals surface area contributed by atoms with Gasteiger partial charge in [0.15, 0.2) is 0 Å². The van der Waals surface area contributed by atoms with Crippen molar-refractivity contribution in [2.75, 3.05) is 0 Å². The summed E-state index contributed by atoms with van der Waals surface area (Å²) in [5.74, 6) is 0. The standard InChI is InChI=1S/C8H8BrN3/c1-5-3-7(11-12-10)4-6(2)8(5)9/h3-4H,1-2H3. The number of aryl methyl sites for hydroxylation is 2. The average molecular weight is 226 g/mol. The summed E-state index contributed by atoms with van der Waals surface area (Å²) < 4.78 is 1.07. The van der Waals surface area contributed by atoms with Crippen LogP contribution in [0.25, 0.3) is 10.4 Å². The van der Waals surface area contributed by atoms with Crippen LogP contribution in [0.15, 0.2) is 21.7 Å². The third kappa shape index (κ3) is 1.78. The Bertz CT molecular complexity index is 330. The van der Waals surface area contributed by atoms with Gasteiger partial charge in [-0.05, 0) is 42.6 Å². The molecule has 0 bridgehead atoms. The van der Waals surface area contributed by atoms with E-state index in [1.807, 2.05) is 26.0 Å². The van der Waals surface area contributed by atoms with Crippen molar-refractivity contribution in [3.63, 3.8) is 0 Å². The van der Waals surface area contributed by atoms with E-state index in [4.69, 9.17) is 5.53 Å². The van der Waals surface area contributed by atoms with Crippen LogP contribution in [-0.2, 0) is 0 Å². The first-order chi connectivity index (χ1) is 5.65. The van der Waals surface area contributed by atoms with Crippen molar-refractivity contribution in [1.82, 2.24) is 0 Å². The van der Waals surface area contributed by atoms with E-state index in [0.717, 1.165) is 15.6 Å². The maximum Gasteiger partial charge on any atom is 0.0381 e. The van der Waals surface area contributed by atoms with Gasteiger partial charge < -0.3 is 0 Å². The Morgan fingerprint density at radius 3 is 2.25 bits per heavy atom. The van der Waals surface area contributed by atoms with Crippen LogP contribution in [0, 0.1) is 13.8 Å². The minimum Gasteiger partial charge on any atom is -0.0608 e. The van der Waals surface area contributed by atoms with Crippen LogP contribution in [0.3, 0.4) is 0 Å². The highest BCUT2D eigenvalue weighted by Gasteiger charge is 1.99. The molecule has 0 aliphatic heterocycles. The summed E-state index contributed by atoms with van der Waals surface area (Å²) >= 11 is 3.43. The Balaban J connectivity index is 3.30. The van der Waals surface area contributed by atoms with Gasteiger partial charge in [-0.3, -0.25) is 0 Å². The Hall–Kier alpha value is -0.990. The number of halogens is 1. The van der Waals surface area contributed by atoms with E-state index in [0.29, 0.717) is 5.69 Å². The number of benzene rings is 1. The summed E-state index contributed by atoms with van der Waals surface area (Å²) in [7, 11) is 0. The normalized spacial score (nSPS) is 9.25.